The zero-order valence-corrected chi connectivity index (χ0v) is 16.2. The van der Waals surface area contributed by atoms with Gasteiger partial charge in [-0.2, -0.15) is 0 Å². The Kier molecular flexibility index (Phi) is 7.90. The number of carbonyl (C=O) groups excluding carboxylic acids is 2. The molecule has 0 aromatic heterocycles. The van der Waals surface area contributed by atoms with Gasteiger partial charge in [0.1, 0.15) is 6.04 Å². The molecule has 1 aromatic rings. The number of halogens is 1. The summed E-state index contributed by atoms with van der Waals surface area (Å²) in [6.45, 7) is 4.99. The lowest BCUT2D eigenvalue weighted by Crippen LogP contribution is -2.57. The van der Waals surface area contributed by atoms with Crippen molar-refractivity contribution in [2.24, 2.45) is 11.1 Å². The Hall–Kier alpha value is -1.59. The van der Waals surface area contributed by atoms with Gasteiger partial charge < -0.3 is 15.5 Å². The van der Waals surface area contributed by atoms with Gasteiger partial charge in [0.15, 0.2) is 0 Å². The average Bonchev–Trinajstić information content (AvgIpc) is 2.64. The van der Waals surface area contributed by atoms with Crippen molar-refractivity contribution in [1.29, 1.82) is 0 Å². The second kappa shape index (κ2) is 9.20. The normalized spacial score (nSPS) is 17.8. The first-order valence-corrected chi connectivity index (χ1v) is 8.84. The Labute approximate surface area is 157 Å². The standard InChI is InChI=1S/C19H29N3O2.ClH/c1-4-19(5-2,14-20)18(24)21(3)16-12-9-13-22(17(16)23)15-10-7-6-8-11-15;/h6-8,10-11,16H,4-5,9,12-14,20H2,1-3H3;1H. The highest BCUT2D eigenvalue weighted by Crippen LogP contribution is 2.30. The third-order valence-electron chi connectivity index (χ3n) is 5.46. The Morgan fingerprint density at radius 3 is 2.40 bits per heavy atom. The zero-order valence-electron chi connectivity index (χ0n) is 15.4. The molecule has 5 nitrogen and oxygen atoms in total. The van der Waals surface area contributed by atoms with Crippen molar-refractivity contribution in [1.82, 2.24) is 4.90 Å². The number of anilines is 1. The third-order valence-corrected chi connectivity index (χ3v) is 5.46. The molecule has 0 spiro atoms. The lowest BCUT2D eigenvalue weighted by atomic mass is 9.80. The zero-order chi connectivity index (χ0) is 17.7. The first-order valence-electron chi connectivity index (χ1n) is 8.84. The summed E-state index contributed by atoms with van der Waals surface area (Å²) >= 11 is 0. The quantitative estimate of drug-likeness (QED) is 0.840. The van der Waals surface area contributed by atoms with E-state index in [-0.39, 0.29) is 24.2 Å². The number of amides is 2. The summed E-state index contributed by atoms with van der Waals surface area (Å²) in [6, 6.07) is 9.25. The molecule has 0 aliphatic carbocycles. The summed E-state index contributed by atoms with van der Waals surface area (Å²) in [5.74, 6) is -0.00955. The molecule has 1 fully saturated rings. The minimum absolute atomic E-state index is 0. The van der Waals surface area contributed by atoms with Crippen LogP contribution in [0.2, 0.25) is 0 Å². The molecule has 140 valence electrons. The molecule has 1 saturated heterocycles. The number of piperidine rings is 1. The smallest absolute Gasteiger partial charge is 0.249 e. The third kappa shape index (κ3) is 4.15. The van der Waals surface area contributed by atoms with Crippen molar-refractivity contribution >= 4 is 29.9 Å². The van der Waals surface area contributed by atoms with E-state index in [1.807, 2.05) is 44.2 Å². The van der Waals surface area contributed by atoms with Gasteiger partial charge >= 0.3 is 0 Å². The Morgan fingerprint density at radius 1 is 1.28 bits per heavy atom. The van der Waals surface area contributed by atoms with Crippen LogP contribution in [0.15, 0.2) is 30.3 Å². The number of carbonyl (C=O) groups is 2. The molecule has 1 aliphatic heterocycles. The lowest BCUT2D eigenvalue weighted by molar-refractivity contribution is -0.147. The van der Waals surface area contributed by atoms with Crippen LogP contribution in [0.1, 0.15) is 39.5 Å². The van der Waals surface area contributed by atoms with Crippen LogP contribution < -0.4 is 10.6 Å². The fourth-order valence-electron chi connectivity index (χ4n) is 3.52. The second-order valence-electron chi connectivity index (χ2n) is 6.59. The Bertz CT molecular complexity index is 567. The molecule has 2 rings (SSSR count). The maximum absolute atomic E-state index is 13.0. The average molecular weight is 368 g/mol. The molecule has 2 amide bonds. The van der Waals surface area contributed by atoms with Gasteiger partial charge in [0.05, 0.1) is 5.41 Å². The van der Waals surface area contributed by atoms with Crippen LogP contribution in [0.5, 0.6) is 0 Å². The highest BCUT2D eigenvalue weighted by Gasteiger charge is 2.41. The van der Waals surface area contributed by atoms with Crippen LogP contribution in [0.3, 0.4) is 0 Å². The molecule has 25 heavy (non-hydrogen) atoms. The summed E-state index contributed by atoms with van der Waals surface area (Å²) in [7, 11) is 1.75. The number of nitrogens with two attached hydrogens (primary N) is 1. The van der Waals surface area contributed by atoms with E-state index >= 15 is 0 Å². The molecule has 0 radical (unpaired) electrons. The number of likely N-dealkylation sites (N-methyl/N-ethyl adjacent to an activating group) is 1. The predicted molar refractivity (Wildman–Crippen MR) is 104 cm³/mol. The van der Waals surface area contributed by atoms with Crippen LogP contribution in [-0.2, 0) is 9.59 Å². The number of hydrogen-bond acceptors (Lipinski definition) is 3. The van der Waals surface area contributed by atoms with E-state index in [0.717, 1.165) is 12.1 Å². The minimum atomic E-state index is -0.565. The summed E-state index contributed by atoms with van der Waals surface area (Å²) < 4.78 is 0. The number of para-hydroxylation sites is 1. The van der Waals surface area contributed by atoms with E-state index in [2.05, 4.69) is 0 Å². The fourth-order valence-corrected chi connectivity index (χ4v) is 3.52. The monoisotopic (exact) mass is 367 g/mol. The van der Waals surface area contributed by atoms with E-state index in [1.165, 1.54) is 0 Å². The number of benzene rings is 1. The van der Waals surface area contributed by atoms with E-state index in [4.69, 9.17) is 5.73 Å². The van der Waals surface area contributed by atoms with Gasteiger partial charge in [0, 0.05) is 25.8 Å². The van der Waals surface area contributed by atoms with Crippen molar-refractivity contribution in [2.45, 2.75) is 45.6 Å². The topological polar surface area (TPSA) is 66.6 Å². The molecular weight excluding hydrogens is 338 g/mol. The van der Waals surface area contributed by atoms with Crippen molar-refractivity contribution < 1.29 is 9.59 Å². The van der Waals surface area contributed by atoms with Gasteiger partial charge in [-0.25, -0.2) is 0 Å². The maximum atomic E-state index is 13.0. The molecule has 1 aromatic carbocycles. The van der Waals surface area contributed by atoms with Crippen LogP contribution in [0, 0.1) is 5.41 Å². The second-order valence-corrected chi connectivity index (χ2v) is 6.59. The van der Waals surface area contributed by atoms with Gasteiger partial charge in [0.2, 0.25) is 11.8 Å². The van der Waals surface area contributed by atoms with Crippen molar-refractivity contribution in [2.75, 3.05) is 25.0 Å². The maximum Gasteiger partial charge on any atom is 0.249 e. The summed E-state index contributed by atoms with van der Waals surface area (Å²) in [5.41, 5.74) is 6.23. The van der Waals surface area contributed by atoms with Gasteiger partial charge in [0.25, 0.3) is 0 Å². The van der Waals surface area contributed by atoms with Crippen LogP contribution >= 0.6 is 12.4 Å². The summed E-state index contributed by atoms with van der Waals surface area (Å²) in [6.07, 6.45) is 2.97. The SMILES string of the molecule is CCC(CC)(CN)C(=O)N(C)C1CCCN(c2ccccc2)C1=O.Cl. The molecule has 1 unspecified atom stereocenters. The lowest BCUT2D eigenvalue weighted by Gasteiger charge is -2.41. The molecule has 1 atom stereocenters. The van der Waals surface area contributed by atoms with E-state index in [0.29, 0.717) is 32.4 Å². The number of hydrogen-bond donors (Lipinski definition) is 1. The van der Waals surface area contributed by atoms with Crippen molar-refractivity contribution in [3.8, 4) is 0 Å². The van der Waals surface area contributed by atoms with Gasteiger partial charge in [-0.15, -0.1) is 12.4 Å². The fraction of sp³-hybridized carbons (Fsp3) is 0.579. The highest BCUT2D eigenvalue weighted by atomic mass is 35.5. The molecule has 2 N–H and O–H groups in total. The Balaban J connectivity index is 0.00000312. The van der Waals surface area contributed by atoms with Crippen LogP contribution in [0.25, 0.3) is 0 Å². The minimum Gasteiger partial charge on any atom is -0.333 e. The molecule has 0 saturated carbocycles. The van der Waals surface area contributed by atoms with E-state index < -0.39 is 11.5 Å². The predicted octanol–water partition coefficient (Wildman–Crippen LogP) is 2.83. The van der Waals surface area contributed by atoms with Crippen LogP contribution in [0.4, 0.5) is 5.69 Å². The molecular formula is C19H30ClN3O2. The summed E-state index contributed by atoms with van der Waals surface area (Å²) in [5, 5.41) is 0. The van der Waals surface area contributed by atoms with Gasteiger partial charge in [-0.3, -0.25) is 9.59 Å². The van der Waals surface area contributed by atoms with Crippen LogP contribution in [-0.4, -0.2) is 42.9 Å². The van der Waals surface area contributed by atoms with Crippen molar-refractivity contribution in [3.63, 3.8) is 0 Å². The van der Waals surface area contributed by atoms with Gasteiger partial charge in [-0.1, -0.05) is 32.0 Å². The van der Waals surface area contributed by atoms with Gasteiger partial charge in [-0.05, 0) is 37.8 Å². The first-order chi connectivity index (χ1) is 11.5. The summed E-state index contributed by atoms with van der Waals surface area (Å²) in [4.78, 5) is 29.4. The largest absolute Gasteiger partial charge is 0.333 e. The molecule has 1 heterocycles. The molecule has 6 heteroatoms. The highest BCUT2D eigenvalue weighted by molar-refractivity contribution is 6.00. The van der Waals surface area contributed by atoms with Crippen molar-refractivity contribution in [3.05, 3.63) is 30.3 Å². The molecule has 1 aliphatic rings. The number of rotatable bonds is 6. The number of nitrogens with zero attached hydrogens (tertiary/aromatic N) is 2. The first kappa shape index (κ1) is 21.5. The molecule has 0 bridgehead atoms. The van der Waals surface area contributed by atoms with E-state index in [9.17, 15) is 9.59 Å². The van der Waals surface area contributed by atoms with E-state index in [1.54, 1.807) is 16.8 Å². The Morgan fingerprint density at radius 2 is 1.88 bits per heavy atom.